The summed E-state index contributed by atoms with van der Waals surface area (Å²) in [6.45, 7) is 3.80. The molecule has 2 aromatic heterocycles. The highest BCUT2D eigenvalue weighted by Crippen LogP contribution is 2.37. The Kier molecular flexibility index (Phi) is 6.88. The Balaban J connectivity index is 1.66. The molecule has 0 bridgehead atoms. The molecular formula is C24H29ClN4O2S. The maximum absolute atomic E-state index is 12.1. The van der Waals surface area contributed by atoms with Gasteiger partial charge in [0.2, 0.25) is 0 Å². The molecule has 4 N–H and O–H groups in total. The van der Waals surface area contributed by atoms with Gasteiger partial charge < -0.3 is 16.2 Å². The molecule has 6 nitrogen and oxygen atoms in total. The molecule has 0 aliphatic heterocycles. The highest BCUT2D eigenvalue weighted by Gasteiger charge is 2.22. The Labute approximate surface area is 197 Å². The number of imidazole rings is 1. The zero-order valence-electron chi connectivity index (χ0n) is 18.4. The van der Waals surface area contributed by atoms with E-state index in [-0.39, 0.29) is 6.10 Å². The number of carbonyl (C=O) groups is 1. The van der Waals surface area contributed by atoms with E-state index in [4.69, 9.17) is 27.8 Å². The fourth-order valence-corrected chi connectivity index (χ4v) is 5.44. The summed E-state index contributed by atoms with van der Waals surface area (Å²) in [6.07, 6.45) is 8.33. The standard InChI is InChI=1S/C24H29ClN4O2S/c1-3-17(25)10-14(2)31-21-12-22(32-23(21)24(27)30)29-13-28-19-9-6-16(11-20(19)29)15-4-7-18(26)8-5-15/h3,6,9,11-15,18H,4-5,7-8,10,26H2,1-2H3,(H2,27,30)/b17-3+. The van der Waals surface area contributed by atoms with Gasteiger partial charge in [-0.2, -0.15) is 0 Å². The SMILES string of the molecule is C/C=C(/Cl)CC(C)Oc1cc(-n2cnc3ccc(C4CCC(N)CC4)cc32)sc1C(N)=O. The van der Waals surface area contributed by atoms with Crippen LogP contribution in [0.3, 0.4) is 0 Å². The highest BCUT2D eigenvalue weighted by molar-refractivity contribution is 7.16. The number of fused-ring (bicyclic) bond motifs is 1. The van der Waals surface area contributed by atoms with Gasteiger partial charge in [0.25, 0.3) is 5.91 Å². The minimum absolute atomic E-state index is 0.192. The molecule has 4 rings (SSSR count). The van der Waals surface area contributed by atoms with Gasteiger partial charge in [-0.1, -0.05) is 23.7 Å². The van der Waals surface area contributed by atoms with Crippen LogP contribution < -0.4 is 16.2 Å². The van der Waals surface area contributed by atoms with E-state index in [0.717, 1.165) is 41.7 Å². The van der Waals surface area contributed by atoms with Gasteiger partial charge in [0.05, 0.1) is 11.0 Å². The number of hydrogen-bond acceptors (Lipinski definition) is 5. The van der Waals surface area contributed by atoms with Crippen LogP contribution in [0.15, 0.2) is 41.7 Å². The summed E-state index contributed by atoms with van der Waals surface area (Å²) in [5.41, 5.74) is 15.0. The number of nitrogens with zero attached hydrogens (tertiary/aromatic N) is 2. The second-order valence-electron chi connectivity index (χ2n) is 8.48. The first-order valence-electron chi connectivity index (χ1n) is 11.0. The lowest BCUT2D eigenvalue weighted by Crippen LogP contribution is -2.25. The minimum atomic E-state index is -0.510. The Morgan fingerprint density at radius 1 is 1.34 bits per heavy atom. The third-order valence-corrected chi connectivity index (χ3v) is 7.59. The van der Waals surface area contributed by atoms with Gasteiger partial charge in [-0.05, 0) is 63.1 Å². The molecule has 170 valence electrons. The molecule has 2 heterocycles. The maximum atomic E-state index is 12.1. The van der Waals surface area contributed by atoms with E-state index in [1.54, 1.807) is 6.33 Å². The average molecular weight is 473 g/mol. The summed E-state index contributed by atoms with van der Waals surface area (Å²) >= 11 is 7.45. The molecule has 1 unspecified atom stereocenters. The van der Waals surface area contributed by atoms with Crippen molar-refractivity contribution in [2.24, 2.45) is 11.5 Å². The number of nitrogens with two attached hydrogens (primary N) is 2. The molecule has 0 radical (unpaired) electrons. The number of benzene rings is 1. The monoisotopic (exact) mass is 472 g/mol. The summed E-state index contributed by atoms with van der Waals surface area (Å²) in [7, 11) is 0. The maximum Gasteiger partial charge on any atom is 0.262 e. The summed E-state index contributed by atoms with van der Waals surface area (Å²) in [4.78, 5) is 17.0. The number of allylic oxidation sites excluding steroid dienone is 1. The fourth-order valence-electron chi connectivity index (χ4n) is 4.30. The second-order valence-corrected chi connectivity index (χ2v) is 10.0. The Bertz CT molecular complexity index is 1140. The predicted molar refractivity (Wildman–Crippen MR) is 131 cm³/mol. The van der Waals surface area contributed by atoms with Gasteiger partial charge in [0.1, 0.15) is 28.1 Å². The van der Waals surface area contributed by atoms with Crippen molar-refractivity contribution >= 4 is 39.9 Å². The predicted octanol–water partition coefficient (Wildman–Crippen LogP) is 5.47. The molecule has 1 aromatic carbocycles. The molecule has 0 spiro atoms. The van der Waals surface area contributed by atoms with Crippen molar-refractivity contribution in [1.29, 1.82) is 0 Å². The Morgan fingerprint density at radius 2 is 2.09 bits per heavy atom. The van der Waals surface area contributed by atoms with Gasteiger partial charge in [-0.15, -0.1) is 11.3 Å². The van der Waals surface area contributed by atoms with E-state index >= 15 is 0 Å². The average Bonchev–Trinajstić information content (AvgIpc) is 3.37. The molecule has 1 aliphatic rings. The van der Waals surface area contributed by atoms with Crippen molar-refractivity contribution in [1.82, 2.24) is 9.55 Å². The number of halogens is 1. The molecular weight excluding hydrogens is 444 g/mol. The van der Waals surface area contributed by atoms with Crippen molar-refractivity contribution < 1.29 is 9.53 Å². The summed E-state index contributed by atoms with van der Waals surface area (Å²) in [5.74, 6) is 0.484. The molecule has 32 heavy (non-hydrogen) atoms. The lowest BCUT2D eigenvalue weighted by atomic mass is 9.82. The normalized spacial score (nSPS) is 20.4. The highest BCUT2D eigenvalue weighted by atomic mass is 35.5. The molecule has 1 fully saturated rings. The molecule has 1 aliphatic carbocycles. The summed E-state index contributed by atoms with van der Waals surface area (Å²) < 4.78 is 8.04. The van der Waals surface area contributed by atoms with Crippen molar-refractivity contribution in [3.63, 3.8) is 0 Å². The van der Waals surface area contributed by atoms with Crippen molar-refractivity contribution in [2.75, 3.05) is 0 Å². The number of hydrogen-bond donors (Lipinski definition) is 2. The van der Waals surface area contributed by atoms with Crippen molar-refractivity contribution in [3.8, 4) is 10.8 Å². The fraction of sp³-hybridized carbons (Fsp3) is 0.417. The number of carbonyl (C=O) groups excluding carboxylic acids is 1. The van der Waals surface area contributed by atoms with E-state index in [1.165, 1.54) is 16.9 Å². The van der Waals surface area contributed by atoms with Crippen LogP contribution in [0.5, 0.6) is 5.75 Å². The number of aromatic nitrogens is 2. The zero-order chi connectivity index (χ0) is 22.8. The molecule has 1 atom stereocenters. The van der Waals surface area contributed by atoms with Gasteiger partial charge >= 0.3 is 0 Å². The first-order valence-corrected chi connectivity index (χ1v) is 12.2. The minimum Gasteiger partial charge on any atom is -0.489 e. The van der Waals surface area contributed by atoms with Crippen LogP contribution in [0.25, 0.3) is 16.0 Å². The van der Waals surface area contributed by atoms with Crippen LogP contribution in [-0.4, -0.2) is 27.6 Å². The third kappa shape index (κ3) is 4.85. The van der Waals surface area contributed by atoms with E-state index < -0.39 is 5.91 Å². The molecule has 3 aromatic rings. The summed E-state index contributed by atoms with van der Waals surface area (Å²) in [5, 5.41) is 1.55. The first-order chi connectivity index (χ1) is 15.4. The van der Waals surface area contributed by atoms with E-state index in [2.05, 4.69) is 23.2 Å². The topological polar surface area (TPSA) is 96.2 Å². The number of rotatable bonds is 7. The quantitative estimate of drug-likeness (QED) is 0.476. The smallest absolute Gasteiger partial charge is 0.262 e. The van der Waals surface area contributed by atoms with E-state index in [9.17, 15) is 4.79 Å². The zero-order valence-corrected chi connectivity index (χ0v) is 20.0. The van der Waals surface area contributed by atoms with Gasteiger partial charge in [0.15, 0.2) is 0 Å². The lowest BCUT2D eigenvalue weighted by Gasteiger charge is -2.26. The van der Waals surface area contributed by atoms with Crippen LogP contribution in [0.1, 0.15) is 67.1 Å². The number of ether oxygens (including phenoxy) is 1. The van der Waals surface area contributed by atoms with Crippen LogP contribution in [-0.2, 0) is 0 Å². The molecule has 1 amide bonds. The van der Waals surface area contributed by atoms with Crippen LogP contribution in [0, 0.1) is 0 Å². The molecule has 0 saturated heterocycles. The first kappa shape index (κ1) is 22.8. The van der Waals surface area contributed by atoms with Crippen molar-refractivity contribution in [2.45, 2.75) is 64.0 Å². The van der Waals surface area contributed by atoms with Crippen molar-refractivity contribution in [3.05, 3.63) is 52.1 Å². The molecule has 8 heteroatoms. The summed E-state index contributed by atoms with van der Waals surface area (Å²) in [6, 6.07) is 8.63. The third-order valence-electron chi connectivity index (χ3n) is 6.08. The number of thiophene rings is 1. The molecule has 1 saturated carbocycles. The van der Waals surface area contributed by atoms with Gasteiger partial charge in [0, 0.05) is 23.6 Å². The van der Waals surface area contributed by atoms with E-state index in [0.29, 0.717) is 34.0 Å². The largest absolute Gasteiger partial charge is 0.489 e. The Hall–Kier alpha value is -2.35. The van der Waals surface area contributed by atoms with Crippen LogP contribution >= 0.6 is 22.9 Å². The van der Waals surface area contributed by atoms with Crippen LogP contribution in [0.4, 0.5) is 0 Å². The number of amides is 1. The number of primary amides is 1. The van der Waals surface area contributed by atoms with Gasteiger partial charge in [-0.3, -0.25) is 9.36 Å². The lowest BCUT2D eigenvalue weighted by molar-refractivity contribution is 0.0998. The second kappa shape index (κ2) is 9.65. The van der Waals surface area contributed by atoms with E-state index in [1.807, 2.05) is 30.6 Å². The van der Waals surface area contributed by atoms with Gasteiger partial charge in [-0.25, -0.2) is 4.98 Å². The Morgan fingerprint density at radius 3 is 2.78 bits per heavy atom. The van der Waals surface area contributed by atoms with Crippen LogP contribution in [0.2, 0.25) is 0 Å².